The van der Waals surface area contributed by atoms with Crippen molar-refractivity contribution in [2.45, 2.75) is 29.9 Å². The van der Waals surface area contributed by atoms with Gasteiger partial charge in [-0.15, -0.1) is 0 Å². The highest BCUT2D eigenvalue weighted by molar-refractivity contribution is 9.10. The smallest absolute Gasteiger partial charge is 0.246 e. The van der Waals surface area contributed by atoms with Crippen molar-refractivity contribution in [2.75, 3.05) is 24.6 Å². The maximum absolute atomic E-state index is 14.0. The lowest BCUT2D eigenvalue weighted by Gasteiger charge is -2.22. The van der Waals surface area contributed by atoms with Gasteiger partial charge in [0.05, 0.1) is 0 Å². The fourth-order valence-corrected chi connectivity index (χ4v) is 5.18. The molecule has 1 heterocycles. The molecule has 1 aromatic rings. The van der Waals surface area contributed by atoms with E-state index in [1.807, 2.05) is 0 Å². The fourth-order valence-electron chi connectivity index (χ4n) is 2.12. The molecule has 1 fully saturated rings. The Bertz CT molecular complexity index is 650. The molecule has 2 N–H and O–H groups in total. The van der Waals surface area contributed by atoms with Gasteiger partial charge in [-0.25, -0.2) is 12.8 Å². The molecular formula is C13H18BrFN2O2S2. The first-order valence-corrected chi connectivity index (χ1v) is 9.74. The van der Waals surface area contributed by atoms with Crippen LogP contribution in [-0.2, 0) is 10.0 Å². The number of benzene rings is 1. The second-order valence-corrected chi connectivity index (χ2v) is 10.1. The fraction of sp³-hybridized carbons (Fsp3) is 0.538. The lowest BCUT2D eigenvalue weighted by atomic mass is 10.1. The molecule has 0 aliphatic carbocycles. The van der Waals surface area contributed by atoms with Crippen molar-refractivity contribution in [3.8, 4) is 0 Å². The topological polar surface area (TPSA) is 63.4 Å². The van der Waals surface area contributed by atoms with Crippen molar-refractivity contribution in [3.63, 3.8) is 0 Å². The largest absolute Gasteiger partial charge is 0.398 e. The van der Waals surface area contributed by atoms with Crippen LogP contribution in [0.1, 0.15) is 20.3 Å². The van der Waals surface area contributed by atoms with E-state index in [-0.39, 0.29) is 15.3 Å². The summed E-state index contributed by atoms with van der Waals surface area (Å²) >= 11 is 4.83. The molecule has 0 radical (unpaired) electrons. The van der Waals surface area contributed by atoms with Crippen LogP contribution in [0.5, 0.6) is 0 Å². The average molecular weight is 397 g/mol. The molecule has 0 bridgehead atoms. The number of halogens is 2. The Balaban J connectivity index is 2.36. The molecule has 1 saturated heterocycles. The van der Waals surface area contributed by atoms with Gasteiger partial charge in [-0.3, -0.25) is 0 Å². The van der Waals surface area contributed by atoms with Gasteiger partial charge in [0.2, 0.25) is 10.0 Å². The zero-order valence-corrected chi connectivity index (χ0v) is 15.1. The van der Waals surface area contributed by atoms with E-state index in [1.54, 1.807) is 11.8 Å². The van der Waals surface area contributed by atoms with E-state index in [4.69, 9.17) is 5.73 Å². The maximum Gasteiger partial charge on any atom is 0.246 e. The third-order valence-electron chi connectivity index (χ3n) is 3.47. The molecule has 0 aromatic heterocycles. The lowest BCUT2D eigenvalue weighted by molar-refractivity contribution is 0.412. The first-order valence-electron chi connectivity index (χ1n) is 6.52. The molecule has 1 aliphatic heterocycles. The second kappa shape index (κ2) is 6.06. The summed E-state index contributed by atoms with van der Waals surface area (Å²) in [7, 11) is -3.86. The predicted molar refractivity (Wildman–Crippen MR) is 88.4 cm³/mol. The molecule has 0 amide bonds. The number of hydrogen-bond acceptors (Lipinski definition) is 4. The van der Waals surface area contributed by atoms with E-state index < -0.39 is 15.8 Å². The molecule has 4 nitrogen and oxygen atoms in total. The summed E-state index contributed by atoms with van der Waals surface area (Å²) in [6, 6.07) is 2.27. The lowest BCUT2D eigenvalue weighted by Crippen LogP contribution is -2.34. The Kier molecular flexibility index (Phi) is 4.92. The Labute approximate surface area is 137 Å². The Morgan fingerprint density at radius 1 is 1.38 bits per heavy atom. The van der Waals surface area contributed by atoms with Crippen LogP contribution in [0.3, 0.4) is 0 Å². The number of nitrogens with two attached hydrogens (primary N) is 1. The number of thioether (sulfide) groups is 1. The summed E-state index contributed by atoms with van der Waals surface area (Å²) in [6.07, 6.45) is 0.727. The summed E-state index contributed by atoms with van der Waals surface area (Å²) in [6.45, 7) is 4.95. The standard InChI is InChI=1S/C13H18BrFN2O2S2/c1-13(2)3-4-17(5-6-20-13)21(18,19)12-8-11(16)9(14)7-10(12)15/h7-8H,3-6,16H2,1-2H3. The molecule has 118 valence electrons. The van der Waals surface area contributed by atoms with E-state index in [1.165, 1.54) is 10.4 Å². The minimum atomic E-state index is -3.86. The number of sulfonamides is 1. The van der Waals surface area contributed by atoms with Gasteiger partial charge in [-0.1, -0.05) is 13.8 Å². The van der Waals surface area contributed by atoms with Crippen molar-refractivity contribution in [3.05, 3.63) is 22.4 Å². The van der Waals surface area contributed by atoms with Crippen molar-refractivity contribution in [1.82, 2.24) is 4.31 Å². The molecule has 0 unspecified atom stereocenters. The monoisotopic (exact) mass is 396 g/mol. The zero-order chi connectivity index (χ0) is 15.8. The van der Waals surface area contributed by atoms with Gasteiger partial charge in [-0.05, 0) is 34.5 Å². The van der Waals surface area contributed by atoms with Crippen LogP contribution in [0.4, 0.5) is 10.1 Å². The molecule has 2 rings (SSSR count). The summed E-state index contributed by atoms with van der Waals surface area (Å²) in [4.78, 5) is -0.354. The molecule has 0 saturated carbocycles. The normalized spacial score (nSPS) is 20.2. The molecule has 0 atom stereocenters. The van der Waals surface area contributed by atoms with Crippen molar-refractivity contribution in [2.24, 2.45) is 0 Å². The Morgan fingerprint density at radius 3 is 2.71 bits per heavy atom. The van der Waals surface area contributed by atoms with E-state index in [0.717, 1.165) is 12.5 Å². The second-order valence-electron chi connectivity index (χ2n) is 5.57. The van der Waals surface area contributed by atoms with Crippen molar-refractivity contribution in [1.29, 1.82) is 0 Å². The van der Waals surface area contributed by atoms with Gasteiger partial charge in [0.25, 0.3) is 0 Å². The number of anilines is 1. The SMILES string of the molecule is CC1(C)CCN(S(=O)(=O)c2cc(N)c(Br)cc2F)CCS1. The molecule has 0 spiro atoms. The summed E-state index contributed by atoms with van der Waals surface area (Å²) in [5.41, 5.74) is 5.90. The van der Waals surface area contributed by atoms with E-state index in [2.05, 4.69) is 29.8 Å². The number of hydrogen-bond donors (Lipinski definition) is 1. The van der Waals surface area contributed by atoms with Crippen LogP contribution in [0.25, 0.3) is 0 Å². The summed E-state index contributed by atoms with van der Waals surface area (Å²) in [5, 5.41) is 0. The van der Waals surface area contributed by atoms with Crippen LogP contribution in [0.2, 0.25) is 0 Å². The van der Waals surface area contributed by atoms with Crippen LogP contribution in [0.15, 0.2) is 21.5 Å². The van der Waals surface area contributed by atoms with Gasteiger partial charge >= 0.3 is 0 Å². The van der Waals surface area contributed by atoms with Crippen molar-refractivity contribution >= 4 is 43.4 Å². The predicted octanol–water partition coefficient (Wildman–Crippen LogP) is 3.08. The average Bonchev–Trinajstić information content (AvgIpc) is 2.55. The van der Waals surface area contributed by atoms with Crippen LogP contribution < -0.4 is 5.73 Å². The first kappa shape index (κ1) is 17.1. The number of rotatable bonds is 2. The third kappa shape index (κ3) is 3.72. The highest BCUT2D eigenvalue weighted by Gasteiger charge is 2.32. The first-order chi connectivity index (χ1) is 9.63. The van der Waals surface area contributed by atoms with Gasteiger partial charge < -0.3 is 5.73 Å². The van der Waals surface area contributed by atoms with E-state index >= 15 is 0 Å². The minimum Gasteiger partial charge on any atom is -0.398 e. The maximum atomic E-state index is 14.0. The van der Waals surface area contributed by atoms with Gasteiger partial charge in [0.15, 0.2) is 0 Å². The molecule has 21 heavy (non-hydrogen) atoms. The highest BCUT2D eigenvalue weighted by atomic mass is 79.9. The minimum absolute atomic E-state index is 0.0293. The molecule has 1 aromatic carbocycles. The van der Waals surface area contributed by atoms with Gasteiger partial charge in [0, 0.05) is 33.7 Å². The quantitative estimate of drug-likeness (QED) is 0.780. The Hall–Kier alpha value is -0.310. The molecule has 8 heteroatoms. The third-order valence-corrected chi connectivity index (χ3v) is 7.44. The van der Waals surface area contributed by atoms with Gasteiger partial charge in [0.1, 0.15) is 10.7 Å². The zero-order valence-electron chi connectivity index (χ0n) is 11.9. The summed E-state index contributed by atoms with van der Waals surface area (Å²) in [5.74, 6) is -0.0907. The van der Waals surface area contributed by atoms with Crippen LogP contribution >= 0.6 is 27.7 Å². The molecule has 1 aliphatic rings. The Morgan fingerprint density at radius 2 is 2.05 bits per heavy atom. The van der Waals surface area contributed by atoms with Crippen LogP contribution in [0, 0.1) is 5.82 Å². The molecular weight excluding hydrogens is 379 g/mol. The van der Waals surface area contributed by atoms with Gasteiger partial charge in [-0.2, -0.15) is 16.1 Å². The number of nitrogens with zero attached hydrogens (tertiary/aromatic N) is 1. The summed E-state index contributed by atoms with van der Waals surface area (Å²) < 4.78 is 41.1. The van der Waals surface area contributed by atoms with Crippen LogP contribution in [-0.4, -0.2) is 36.3 Å². The number of nitrogen functional groups attached to an aromatic ring is 1. The highest BCUT2D eigenvalue weighted by Crippen LogP contribution is 2.34. The van der Waals surface area contributed by atoms with Crippen molar-refractivity contribution < 1.29 is 12.8 Å². The van der Waals surface area contributed by atoms with E-state index in [9.17, 15) is 12.8 Å². The van der Waals surface area contributed by atoms with E-state index in [0.29, 0.717) is 23.3 Å².